The van der Waals surface area contributed by atoms with E-state index in [1.807, 2.05) is 61.6 Å². The smallest absolute Gasteiger partial charge is 0.261 e. The zero-order valence-electron chi connectivity index (χ0n) is 16.1. The van der Waals surface area contributed by atoms with Crippen LogP contribution in [0.2, 0.25) is 0 Å². The normalized spacial score (nSPS) is 18.2. The molecule has 1 aromatic carbocycles. The van der Waals surface area contributed by atoms with E-state index in [9.17, 15) is 13.6 Å². The number of rotatable bonds is 8. The summed E-state index contributed by atoms with van der Waals surface area (Å²) in [5.74, 6) is -2.71. The average molecular weight is 374 g/mol. The number of carbonyl (C=O) groups excluding carboxylic acids is 1. The maximum absolute atomic E-state index is 13.6. The molecule has 1 saturated heterocycles. The molecule has 1 amide bonds. The highest BCUT2D eigenvalue weighted by Crippen LogP contribution is 2.28. The van der Waals surface area contributed by atoms with Crippen molar-refractivity contribution in [1.29, 1.82) is 0 Å². The Balaban J connectivity index is 2.11. The molecule has 0 saturated carbocycles. The van der Waals surface area contributed by atoms with Crippen LogP contribution in [0.25, 0.3) is 0 Å². The molecule has 0 aromatic heterocycles. The van der Waals surface area contributed by atoms with Crippen molar-refractivity contribution in [1.82, 2.24) is 9.80 Å². The second-order valence-electron chi connectivity index (χ2n) is 6.98. The zero-order chi connectivity index (χ0) is 19.9. The van der Waals surface area contributed by atoms with E-state index in [-0.39, 0.29) is 31.3 Å². The summed E-state index contributed by atoms with van der Waals surface area (Å²) in [5, 5.41) is 0. The molecular weight excluding hydrogens is 346 g/mol. The molecular formula is C22H28F2N2O. The van der Waals surface area contributed by atoms with E-state index in [1.165, 1.54) is 0 Å². The van der Waals surface area contributed by atoms with Crippen LogP contribution < -0.4 is 0 Å². The van der Waals surface area contributed by atoms with Gasteiger partial charge in [0.15, 0.2) is 0 Å². The third-order valence-electron chi connectivity index (χ3n) is 4.78. The fourth-order valence-electron chi connectivity index (χ4n) is 3.17. The number of likely N-dealkylation sites (tertiary alicyclic amines) is 1. The molecule has 0 aliphatic carbocycles. The Morgan fingerprint density at radius 3 is 2.63 bits per heavy atom. The molecule has 1 atom stereocenters. The van der Waals surface area contributed by atoms with Gasteiger partial charge in [-0.05, 0) is 18.1 Å². The molecule has 1 aliphatic rings. The van der Waals surface area contributed by atoms with Crippen molar-refractivity contribution in [3.63, 3.8) is 0 Å². The maximum Gasteiger partial charge on any atom is 0.261 e. The van der Waals surface area contributed by atoms with Crippen molar-refractivity contribution in [2.75, 3.05) is 26.7 Å². The van der Waals surface area contributed by atoms with Gasteiger partial charge in [-0.2, -0.15) is 0 Å². The lowest BCUT2D eigenvalue weighted by Crippen LogP contribution is -2.46. The molecule has 2 rings (SSSR count). The number of amides is 1. The summed E-state index contributed by atoms with van der Waals surface area (Å²) in [6.07, 6.45) is 7.59. The van der Waals surface area contributed by atoms with Crippen molar-refractivity contribution in [2.24, 2.45) is 0 Å². The van der Waals surface area contributed by atoms with Crippen molar-refractivity contribution in [3.8, 4) is 0 Å². The molecule has 1 aliphatic heterocycles. The minimum absolute atomic E-state index is 0.0576. The van der Waals surface area contributed by atoms with Crippen LogP contribution in [0.4, 0.5) is 8.78 Å². The number of carbonyl (C=O) groups is 1. The van der Waals surface area contributed by atoms with Gasteiger partial charge in [0.2, 0.25) is 5.91 Å². The third kappa shape index (κ3) is 6.43. The standard InChI is InChI=1S/C22H28F2N2O/c1-4-5-7-10-18(2)20(16-26-14-13-22(23,24)17-26)25(3)21(27)15-19-11-8-6-9-12-19/h4-12,20H,2,13-17H2,1,3H3. The largest absolute Gasteiger partial charge is 0.337 e. The number of hydrogen-bond acceptors (Lipinski definition) is 2. The monoisotopic (exact) mass is 374 g/mol. The number of halogens is 2. The van der Waals surface area contributed by atoms with Gasteiger partial charge >= 0.3 is 0 Å². The van der Waals surface area contributed by atoms with Gasteiger partial charge in [-0.3, -0.25) is 9.69 Å². The van der Waals surface area contributed by atoms with Crippen LogP contribution in [0.1, 0.15) is 18.9 Å². The van der Waals surface area contributed by atoms with Gasteiger partial charge in [0, 0.05) is 26.6 Å². The van der Waals surface area contributed by atoms with Crippen molar-refractivity contribution in [2.45, 2.75) is 31.7 Å². The summed E-state index contributed by atoms with van der Waals surface area (Å²) in [5.41, 5.74) is 1.66. The molecule has 5 heteroatoms. The van der Waals surface area contributed by atoms with E-state index in [4.69, 9.17) is 0 Å². The van der Waals surface area contributed by atoms with Crippen LogP contribution in [0.5, 0.6) is 0 Å². The van der Waals surface area contributed by atoms with Crippen LogP contribution in [0, 0.1) is 0 Å². The SMILES string of the molecule is C=C(C=CC=CC)C(CN1CCC(F)(F)C1)N(C)C(=O)Cc1ccccc1. The van der Waals surface area contributed by atoms with Crippen molar-refractivity contribution < 1.29 is 13.6 Å². The van der Waals surface area contributed by atoms with E-state index in [0.29, 0.717) is 13.1 Å². The van der Waals surface area contributed by atoms with Gasteiger partial charge in [0.25, 0.3) is 5.92 Å². The van der Waals surface area contributed by atoms with E-state index in [0.717, 1.165) is 11.1 Å². The highest BCUT2D eigenvalue weighted by atomic mass is 19.3. The highest BCUT2D eigenvalue weighted by molar-refractivity contribution is 5.79. The van der Waals surface area contributed by atoms with Gasteiger partial charge in [-0.15, -0.1) is 0 Å². The molecule has 27 heavy (non-hydrogen) atoms. The average Bonchev–Trinajstić information content (AvgIpc) is 2.98. The fraction of sp³-hybridized carbons (Fsp3) is 0.409. The Hall–Kier alpha value is -2.27. The number of hydrogen-bond donors (Lipinski definition) is 0. The molecule has 0 bridgehead atoms. The molecule has 1 unspecified atom stereocenters. The van der Waals surface area contributed by atoms with Crippen molar-refractivity contribution in [3.05, 3.63) is 72.4 Å². The summed E-state index contributed by atoms with van der Waals surface area (Å²) < 4.78 is 27.1. The minimum Gasteiger partial charge on any atom is -0.337 e. The van der Waals surface area contributed by atoms with Gasteiger partial charge in [-0.25, -0.2) is 8.78 Å². The number of allylic oxidation sites excluding steroid dienone is 3. The Morgan fingerprint density at radius 2 is 2.04 bits per heavy atom. The van der Waals surface area contributed by atoms with Crippen LogP contribution >= 0.6 is 0 Å². The quantitative estimate of drug-likeness (QED) is 0.640. The molecule has 0 radical (unpaired) electrons. The van der Waals surface area contributed by atoms with Crippen molar-refractivity contribution >= 4 is 5.91 Å². The first kappa shape index (κ1) is 21.0. The first-order valence-electron chi connectivity index (χ1n) is 9.20. The second kappa shape index (κ2) is 9.60. The molecule has 1 heterocycles. The molecule has 146 valence electrons. The van der Waals surface area contributed by atoms with Crippen LogP contribution in [-0.2, 0) is 11.2 Å². The molecule has 1 fully saturated rings. The molecule has 3 nitrogen and oxygen atoms in total. The lowest BCUT2D eigenvalue weighted by atomic mass is 10.0. The predicted molar refractivity (Wildman–Crippen MR) is 106 cm³/mol. The molecule has 0 spiro atoms. The summed E-state index contributed by atoms with van der Waals surface area (Å²) >= 11 is 0. The van der Waals surface area contributed by atoms with Gasteiger partial charge < -0.3 is 4.90 Å². The van der Waals surface area contributed by atoms with E-state index >= 15 is 0 Å². The lowest BCUT2D eigenvalue weighted by Gasteiger charge is -2.32. The van der Waals surface area contributed by atoms with Crippen LogP contribution in [0.15, 0.2) is 66.8 Å². The molecule has 0 N–H and O–H groups in total. The first-order valence-corrected chi connectivity index (χ1v) is 9.20. The lowest BCUT2D eigenvalue weighted by molar-refractivity contribution is -0.130. The summed E-state index contributed by atoms with van der Waals surface area (Å²) in [7, 11) is 1.72. The number of likely N-dealkylation sites (N-methyl/N-ethyl adjacent to an activating group) is 1. The van der Waals surface area contributed by atoms with E-state index < -0.39 is 5.92 Å². The third-order valence-corrected chi connectivity index (χ3v) is 4.78. The summed E-state index contributed by atoms with van der Waals surface area (Å²) in [4.78, 5) is 16.1. The van der Waals surface area contributed by atoms with Gasteiger partial charge in [-0.1, -0.05) is 61.2 Å². The second-order valence-corrected chi connectivity index (χ2v) is 6.98. The predicted octanol–water partition coefficient (Wildman–Crippen LogP) is 4.09. The summed E-state index contributed by atoms with van der Waals surface area (Å²) in [6.45, 7) is 6.41. The van der Waals surface area contributed by atoms with Gasteiger partial charge in [0.05, 0.1) is 19.0 Å². The number of alkyl halides is 2. The van der Waals surface area contributed by atoms with Crippen LogP contribution in [-0.4, -0.2) is 54.4 Å². The van der Waals surface area contributed by atoms with Crippen LogP contribution in [0.3, 0.4) is 0 Å². The minimum atomic E-state index is -2.65. The first-order chi connectivity index (χ1) is 12.8. The Bertz CT molecular complexity index is 698. The van der Waals surface area contributed by atoms with E-state index in [2.05, 4.69) is 6.58 Å². The van der Waals surface area contributed by atoms with Gasteiger partial charge in [0.1, 0.15) is 0 Å². The summed E-state index contributed by atoms with van der Waals surface area (Å²) in [6, 6.07) is 9.15. The number of nitrogens with zero attached hydrogens (tertiary/aromatic N) is 2. The highest BCUT2D eigenvalue weighted by Gasteiger charge is 2.39. The van der Waals surface area contributed by atoms with E-state index in [1.54, 1.807) is 16.8 Å². The Morgan fingerprint density at radius 1 is 1.33 bits per heavy atom. The Kier molecular flexibility index (Phi) is 7.48. The zero-order valence-corrected chi connectivity index (χ0v) is 16.1. The maximum atomic E-state index is 13.6. The molecule has 1 aromatic rings. The fourth-order valence-corrected chi connectivity index (χ4v) is 3.17. The number of benzene rings is 1. The Labute approximate surface area is 160 Å². The topological polar surface area (TPSA) is 23.6 Å².